The third-order valence-electron chi connectivity index (χ3n) is 3.89. The van der Waals surface area contributed by atoms with Gasteiger partial charge in [-0.15, -0.1) is 0 Å². The molecule has 1 heterocycles. The van der Waals surface area contributed by atoms with Gasteiger partial charge in [0, 0.05) is 12.1 Å². The first-order chi connectivity index (χ1) is 13.5. The van der Waals surface area contributed by atoms with Crippen LogP contribution in [0.2, 0.25) is 0 Å². The quantitative estimate of drug-likeness (QED) is 0.298. The SMILES string of the molecule is C=CCOc1cccc(/C=C2\SC(=O)N(Cc3ccc([N+](=O)[O-])cc3)C2=O)c1. The first kappa shape index (κ1) is 19.4. The van der Waals surface area contributed by atoms with Gasteiger partial charge in [-0.2, -0.15) is 0 Å². The van der Waals surface area contributed by atoms with E-state index in [1.807, 2.05) is 6.07 Å². The molecule has 7 nitrogen and oxygen atoms in total. The highest BCUT2D eigenvalue weighted by Crippen LogP contribution is 2.33. The number of carbonyl (C=O) groups is 2. The molecule has 0 radical (unpaired) electrons. The molecule has 3 rings (SSSR count). The third-order valence-corrected chi connectivity index (χ3v) is 4.79. The van der Waals surface area contributed by atoms with E-state index in [9.17, 15) is 19.7 Å². The van der Waals surface area contributed by atoms with Crippen LogP contribution in [0.4, 0.5) is 10.5 Å². The van der Waals surface area contributed by atoms with Crippen LogP contribution in [0.15, 0.2) is 66.1 Å². The molecule has 0 aromatic heterocycles. The average Bonchev–Trinajstić information content (AvgIpc) is 2.94. The summed E-state index contributed by atoms with van der Waals surface area (Å²) in [4.78, 5) is 36.5. The number of thioether (sulfide) groups is 1. The molecule has 1 saturated heterocycles. The summed E-state index contributed by atoms with van der Waals surface area (Å²) in [6, 6.07) is 12.9. The summed E-state index contributed by atoms with van der Waals surface area (Å²) in [5, 5.41) is 10.3. The van der Waals surface area contributed by atoms with E-state index < -0.39 is 10.8 Å². The number of rotatable bonds is 7. The lowest BCUT2D eigenvalue weighted by atomic mass is 10.2. The summed E-state index contributed by atoms with van der Waals surface area (Å²) in [5.41, 5.74) is 1.33. The second-order valence-electron chi connectivity index (χ2n) is 5.86. The molecule has 0 aliphatic carbocycles. The Morgan fingerprint density at radius 1 is 1.18 bits per heavy atom. The Bertz CT molecular complexity index is 969. The van der Waals surface area contributed by atoms with Crippen LogP contribution in [-0.2, 0) is 11.3 Å². The number of nitrogens with zero attached hydrogens (tertiary/aromatic N) is 2. The first-order valence-electron chi connectivity index (χ1n) is 8.30. The van der Waals surface area contributed by atoms with Crippen molar-refractivity contribution in [2.75, 3.05) is 6.61 Å². The van der Waals surface area contributed by atoms with Gasteiger partial charge in [0.1, 0.15) is 12.4 Å². The minimum atomic E-state index is -0.500. The van der Waals surface area contributed by atoms with Crippen LogP contribution in [0.5, 0.6) is 5.75 Å². The smallest absolute Gasteiger partial charge is 0.293 e. The van der Waals surface area contributed by atoms with E-state index in [4.69, 9.17) is 4.74 Å². The summed E-state index contributed by atoms with van der Waals surface area (Å²) in [6.45, 7) is 4.02. The fourth-order valence-electron chi connectivity index (χ4n) is 2.54. The number of amides is 2. The third kappa shape index (κ3) is 4.47. The van der Waals surface area contributed by atoms with Crippen LogP contribution in [0.3, 0.4) is 0 Å². The maximum absolute atomic E-state index is 12.6. The normalized spacial score (nSPS) is 15.1. The highest BCUT2D eigenvalue weighted by molar-refractivity contribution is 8.18. The lowest BCUT2D eigenvalue weighted by Gasteiger charge is -2.12. The first-order valence-corrected chi connectivity index (χ1v) is 9.12. The summed E-state index contributed by atoms with van der Waals surface area (Å²) in [7, 11) is 0. The molecule has 0 bridgehead atoms. The monoisotopic (exact) mass is 396 g/mol. The lowest BCUT2D eigenvalue weighted by molar-refractivity contribution is -0.384. The maximum atomic E-state index is 12.6. The van der Waals surface area contributed by atoms with Gasteiger partial charge in [0.25, 0.3) is 16.8 Å². The Kier molecular flexibility index (Phi) is 5.90. The van der Waals surface area contributed by atoms with E-state index in [0.29, 0.717) is 22.8 Å². The van der Waals surface area contributed by atoms with Crippen molar-refractivity contribution >= 4 is 34.7 Å². The van der Waals surface area contributed by atoms with E-state index in [0.717, 1.165) is 22.2 Å². The van der Waals surface area contributed by atoms with Crippen molar-refractivity contribution in [3.8, 4) is 5.75 Å². The zero-order chi connectivity index (χ0) is 20.1. The van der Waals surface area contributed by atoms with Crippen molar-refractivity contribution in [1.29, 1.82) is 0 Å². The second kappa shape index (κ2) is 8.53. The molecule has 0 saturated carbocycles. The van der Waals surface area contributed by atoms with Crippen molar-refractivity contribution < 1.29 is 19.2 Å². The Morgan fingerprint density at radius 3 is 2.61 bits per heavy atom. The van der Waals surface area contributed by atoms with Crippen LogP contribution in [0.1, 0.15) is 11.1 Å². The van der Waals surface area contributed by atoms with Crippen LogP contribution in [-0.4, -0.2) is 27.6 Å². The molecular formula is C20H16N2O5S. The van der Waals surface area contributed by atoms with Crippen LogP contribution >= 0.6 is 11.8 Å². The predicted molar refractivity (Wildman–Crippen MR) is 107 cm³/mol. The highest BCUT2D eigenvalue weighted by atomic mass is 32.2. The van der Waals surface area contributed by atoms with Crippen LogP contribution in [0, 0.1) is 10.1 Å². The number of ether oxygens (including phenoxy) is 1. The molecule has 1 aliphatic heterocycles. The molecule has 1 aliphatic rings. The van der Waals surface area contributed by atoms with Gasteiger partial charge in [-0.1, -0.05) is 36.9 Å². The number of nitro benzene ring substituents is 1. The number of hydrogen-bond donors (Lipinski definition) is 0. The molecule has 0 spiro atoms. The minimum Gasteiger partial charge on any atom is -0.490 e. The molecule has 0 N–H and O–H groups in total. The number of non-ortho nitro benzene ring substituents is 1. The zero-order valence-corrected chi connectivity index (χ0v) is 15.6. The average molecular weight is 396 g/mol. The second-order valence-corrected chi connectivity index (χ2v) is 6.86. The van der Waals surface area contributed by atoms with Gasteiger partial charge in [-0.25, -0.2) is 0 Å². The van der Waals surface area contributed by atoms with Gasteiger partial charge in [-0.05, 0) is 41.1 Å². The molecule has 2 aromatic rings. The Labute approximate surface area is 165 Å². The standard InChI is InChI=1S/C20H16N2O5S/c1-2-10-27-17-5-3-4-15(11-17)12-18-19(23)21(20(24)28-18)13-14-6-8-16(9-7-14)22(25)26/h2-9,11-12H,1,10,13H2/b18-12-. The van der Waals surface area contributed by atoms with Gasteiger partial charge < -0.3 is 4.74 Å². The summed E-state index contributed by atoms with van der Waals surface area (Å²) >= 11 is 0.861. The molecule has 2 aromatic carbocycles. The topological polar surface area (TPSA) is 89.8 Å². The van der Waals surface area contributed by atoms with Crippen molar-refractivity contribution in [2.45, 2.75) is 6.54 Å². The van der Waals surface area contributed by atoms with Crippen LogP contribution in [0.25, 0.3) is 6.08 Å². The van der Waals surface area contributed by atoms with Gasteiger partial charge >= 0.3 is 0 Å². The number of nitro groups is 1. The Hall–Kier alpha value is -3.39. The fourth-order valence-corrected chi connectivity index (χ4v) is 3.38. The van der Waals surface area contributed by atoms with Crippen molar-refractivity contribution in [3.05, 3.63) is 87.3 Å². The maximum Gasteiger partial charge on any atom is 0.293 e. The van der Waals surface area contributed by atoms with E-state index in [1.54, 1.807) is 30.4 Å². The fraction of sp³-hybridized carbons (Fsp3) is 0.100. The van der Waals surface area contributed by atoms with E-state index in [-0.39, 0.29) is 17.5 Å². The molecule has 1 fully saturated rings. The Balaban J connectivity index is 1.75. The summed E-state index contributed by atoms with van der Waals surface area (Å²) < 4.78 is 5.47. The molecule has 2 amide bonds. The van der Waals surface area contributed by atoms with E-state index >= 15 is 0 Å². The zero-order valence-electron chi connectivity index (χ0n) is 14.7. The molecule has 0 unspecified atom stereocenters. The molecular weight excluding hydrogens is 380 g/mol. The summed E-state index contributed by atoms with van der Waals surface area (Å²) in [6.07, 6.45) is 3.28. The minimum absolute atomic E-state index is 0.0451. The van der Waals surface area contributed by atoms with Gasteiger partial charge in [-0.3, -0.25) is 24.6 Å². The van der Waals surface area contributed by atoms with Crippen molar-refractivity contribution in [2.24, 2.45) is 0 Å². The number of hydrogen-bond acceptors (Lipinski definition) is 6. The largest absolute Gasteiger partial charge is 0.490 e. The van der Waals surface area contributed by atoms with Gasteiger partial charge in [0.15, 0.2) is 0 Å². The number of benzene rings is 2. The number of carbonyl (C=O) groups excluding carboxylic acids is 2. The van der Waals surface area contributed by atoms with Crippen molar-refractivity contribution in [1.82, 2.24) is 4.90 Å². The van der Waals surface area contributed by atoms with Gasteiger partial charge in [0.2, 0.25) is 0 Å². The highest BCUT2D eigenvalue weighted by Gasteiger charge is 2.35. The predicted octanol–water partition coefficient (Wildman–Crippen LogP) is 4.40. The molecule has 28 heavy (non-hydrogen) atoms. The molecule has 8 heteroatoms. The Morgan fingerprint density at radius 2 is 1.93 bits per heavy atom. The van der Waals surface area contributed by atoms with E-state index in [1.165, 1.54) is 24.3 Å². The van der Waals surface area contributed by atoms with E-state index in [2.05, 4.69) is 6.58 Å². The van der Waals surface area contributed by atoms with Crippen molar-refractivity contribution in [3.63, 3.8) is 0 Å². The number of imide groups is 1. The van der Waals surface area contributed by atoms with Gasteiger partial charge in [0.05, 0.1) is 16.4 Å². The summed E-state index contributed by atoms with van der Waals surface area (Å²) in [5.74, 6) is 0.240. The lowest BCUT2D eigenvalue weighted by Crippen LogP contribution is -2.27. The molecule has 142 valence electrons. The van der Waals surface area contributed by atoms with Crippen LogP contribution < -0.4 is 4.74 Å². The molecule has 0 atom stereocenters.